The van der Waals surface area contributed by atoms with Gasteiger partial charge in [-0.05, 0) is 80.5 Å². The molecule has 2 fully saturated rings. The van der Waals surface area contributed by atoms with E-state index in [-0.39, 0.29) is 30.3 Å². The van der Waals surface area contributed by atoms with Gasteiger partial charge in [-0.25, -0.2) is 9.37 Å². The Morgan fingerprint density at radius 3 is 2.64 bits per heavy atom. The normalized spacial score (nSPS) is 25.5. The van der Waals surface area contributed by atoms with E-state index < -0.39 is 28.7 Å². The SMILES string of the molecule is C.CC(C)(C(=O)O)c1ccc2c(c1)nc1n2CC[C@H]2[C@@H]1[C@H](c1cccc(Cl)c1F)[C@]1(C(=O)Nc3cc(Cl)ccc31)N2CC1CC1. The number of hydrogen-bond donors (Lipinski definition) is 2. The van der Waals surface area contributed by atoms with Gasteiger partial charge in [-0.15, -0.1) is 0 Å². The average molecular weight is 650 g/mol. The number of nitrogens with zero attached hydrogens (tertiary/aromatic N) is 3. The summed E-state index contributed by atoms with van der Waals surface area (Å²) in [4.78, 5) is 34.1. The minimum Gasteiger partial charge on any atom is -0.481 e. The van der Waals surface area contributed by atoms with Crippen molar-refractivity contribution in [2.45, 2.75) is 75.9 Å². The molecule has 8 rings (SSSR count). The zero-order valence-electron chi connectivity index (χ0n) is 24.3. The Morgan fingerprint density at radius 2 is 1.91 bits per heavy atom. The molecular weight excluding hydrogens is 614 g/mol. The molecule has 3 aliphatic heterocycles. The maximum Gasteiger partial charge on any atom is 0.313 e. The first-order chi connectivity index (χ1) is 21.0. The van der Waals surface area contributed by atoms with E-state index in [1.807, 2.05) is 24.3 Å². The number of amides is 1. The van der Waals surface area contributed by atoms with Crippen molar-refractivity contribution in [2.75, 3.05) is 11.9 Å². The van der Waals surface area contributed by atoms with Gasteiger partial charge >= 0.3 is 5.97 Å². The molecule has 1 aromatic heterocycles. The highest BCUT2D eigenvalue weighted by Crippen LogP contribution is 2.64. The predicted octanol–water partition coefficient (Wildman–Crippen LogP) is 7.69. The van der Waals surface area contributed by atoms with E-state index in [1.165, 1.54) is 6.07 Å². The van der Waals surface area contributed by atoms with Gasteiger partial charge in [0, 0.05) is 47.2 Å². The fourth-order valence-corrected chi connectivity index (χ4v) is 8.46. The minimum atomic E-state index is -1.20. The van der Waals surface area contributed by atoms with Gasteiger partial charge in [-0.1, -0.05) is 54.9 Å². The highest BCUT2D eigenvalue weighted by atomic mass is 35.5. The molecule has 4 aliphatic rings. The molecule has 7 nitrogen and oxygen atoms in total. The van der Waals surface area contributed by atoms with Crippen LogP contribution in [0.3, 0.4) is 0 Å². The zero-order valence-corrected chi connectivity index (χ0v) is 25.8. The molecule has 4 aromatic rings. The van der Waals surface area contributed by atoms with Gasteiger partial charge in [0.1, 0.15) is 17.2 Å². The molecular formula is C35H35Cl2FN4O3. The molecule has 45 heavy (non-hydrogen) atoms. The number of halogens is 3. The summed E-state index contributed by atoms with van der Waals surface area (Å²) in [6.45, 7) is 4.75. The molecule has 0 unspecified atom stereocenters. The van der Waals surface area contributed by atoms with Crippen molar-refractivity contribution in [1.29, 1.82) is 0 Å². The van der Waals surface area contributed by atoms with Crippen molar-refractivity contribution in [1.82, 2.24) is 14.5 Å². The number of fused-ring (bicyclic) bond motifs is 7. The summed E-state index contributed by atoms with van der Waals surface area (Å²) in [6, 6.07) is 16.1. The number of carbonyl (C=O) groups excluding carboxylic acids is 1. The quantitative estimate of drug-likeness (QED) is 0.232. The van der Waals surface area contributed by atoms with Crippen LogP contribution in [-0.2, 0) is 27.1 Å². The van der Waals surface area contributed by atoms with Crippen molar-refractivity contribution >= 4 is 51.8 Å². The highest BCUT2D eigenvalue weighted by molar-refractivity contribution is 6.31. The van der Waals surface area contributed by atoms with Crippen LogP contribution in [0.5, 0.6) is 0 Å². The monoisotopic (exact) mass is 648 g/mol. The molecule has 1 saturated carbocycles. The molecule has 0 bridgehead atoms. The van der Waals surface area contributed by atoms with Gasteiger partial charge in [-0.3, -0.25) is 14.5 Å². The summed E-state index contributed by atoms with van der Waals surface area (Å²) >= 11 is 12.8. The fourth-order valence-electron chi connectivity index (χ4n) is 8.11. The second kappa shape index (κ2) is 10.3. The lowest BCUT2D eigenvalue weighted by molar-refractivity contribution is -0.142. The van der Waals surface area contributed by atoms with Gasteiger partial charge in [0.15, 0.2) is 0 Å². The summed E-state index contributed by atoms with van der Waals surface area (Å²) in [6.07, 6.45) is 2.93. The van der Waals surface area contributed by atoms with Gasteiger partial charge in [0.25, 0.3) is 0 Å². The largest absolute Gasteiger partial charge is 0.481 e. The van der Waals surface area contributed by atoms with Gasteiger partial charge in [-0.2, -0.15) is 0 Å². The van der Waals surface area contributed by atoms with E-state index in [1.54, 1.807) is 38.1 Å². The molecule has 1 amide bonds. The number of anilines is 1. The topological polar surface area (TPSA) is 87.5 Å². The Kier molecular flexibility index (Phi) is 6.90. The Labute approximate surface area is 271 Å². The number of rotatable bonds is 5. The molecule has 234 valence electrons. The summed E-state index contributed by atoms with van der Waals surface area (Å²) in [5.74, 6) is -1.39. The lowest BCUT2D eigenvalue weighted by Crippen LogP contribution is -2.53. The number of carboxylic acid groups (broad SMARTS) is 1. The fraction of sp³-hybridized carbons (Fsp3) is 0.400. The number of aryl methyl sites for hydroxylation is 1. The smallest absolute Gasteiger partial charge is 0.313 e. The van der Waals surface area contributed by atoms with Crippen LogP contribution in [0.15, 0.2) is 54.6 Å². The van der Waals surface area contributed by atoms with Crippen LogP contribution in [-0.4, -0.2) is 44.0 Å². The number of aliphatic carboxylic acids is 1. The Balaban J connectivity index is 0.00000325. The number of imidazole rings is 1. The van der Waals surface area contributed by atoms with Crippen LogP contribution in [0.1, 0.15) is 74.9 Å². The minimum absolute atomic E-state index is 0. The van der Waals surface area contributed by atoms with Crippen LogP contribution in [0.2, 0.25) is 10.0 Å². The van der Waals surface area contributed by atoms with Crippen LogP contribution >= 0.6 is 23.2 Å². The lowest BCUT2D eigenvalue weighted by atomic mass is 9.70. The Bertz CT molecular complexity index is 1900. The second-order valence-electron chi connectivity index (χ2n) is 13.3. The predicted molar refractivity (Wildman–Crippen MR) is 174 cm³/mol. The zero-order chi connectivity index (χ0) is 30.7. The molecule has 4 heterocycles. The van der Waals surface area contributed by atoms with Crippen molar-refractivity contribution in [3.63, 3.8) is 0 Å². The molecule has 2 N–H and O–H groups in total. The number of likely N-dealkylation sites (tertiary alicyclic amines) is 1. The summed E-state index contributed by atoms with van der Waals surface area (Å²) in [5.41, 5.74) is 1.76. The van der Waals surface area contributed by atoms with Gasteiger partial charge in [0.2, 0.25) is 5.91 Å². The van der Waals surface area contributed by atoms with E-state index in [9.17, 15) is 14.7 Å². The van der Waals surface area contributed by atoms with E-state index in [2.05, 4.69) is 14.8 Å². The second-order valence-corrected chi connectivity index (χ2v) is 14.1. The number of nitrogens with one attached hydrogen (secondary N) is 1. The van der Waals surface area contributed by atoms with Crippen LogP contribution in [0, 0.1) is 11.7 Å². The van der Waals surface area contributed by atoms with Crippen LogP contribution in [0.25, 0.3) is 11.0 Å². The molecule has 0 radical (unpaired) electrons. The molecule has 10 heteroatoms. The number of carboxylic acids is 1. The first kappa shape index (κ1) is 30.2. The number of aromatic nitrogens is 2. The van der Waals surface area contributed by atoms with Crippen molar-refractivity contribution in [2.24, 2.45) is 5.92 Å². The molecule has 3 aromatic carbocycles. The van der Waals surface area contributed by atoms with Crippen molar-refractivity contribution in [3.8, 4) is 0 Å². The molecule has 1 aliphatic carbocycles. The summed E-state index contributed by atoms with van der Waals surface area (Å²) < 4.78 is 18.4. The Morgan fingerprint density at radius 1 is 1.13 bits per heavy atom. The third kappa shape index (κ3) is 4.14. The lowest BCUT2D eigenvalue weighted by Gasteiger charge is -2.40. The first-order valence-corrected chi connectivity index (χ1v) is 15.8. The van der Waals surface area contributed by atoms with Gasteiger partial charge in [0.05, 0.1) is 21.5 Å². The standard InChI is InChI=1S/C34H31Cl2FN4O3.CH4/c1-33(2,32(43)44)18-8-11-25-24(14-18)38-30-27-26(12-13-40(25)30)41(16-17-6-7-17)34(28(27)20-4-3-5-22(36)29(20)37)21-10-9-19(35)15-23(21)39-31(34)42;/h3-5,8-11,14-15,17,26-28H,6-7,12-13,16H2,1-2H3,(H,39,42)(H,43,44);1H4/t26-,27+,28-,34+;/m0./s1. The van der Waals surface area contributed by atoms with E-state index in [4.69, 9.17) is 28.2 Å². The number of hydrogen-bond acceptors (Lipinski definition) is 4. The summed E-state index contributed by atoms with van der Waals surface area (Å²) in [7, 11) is 0. The summed E-state index contributed by atoms with van der Waals surface area (Å²) in [5, 5.41) is 13.5. The highest BCUT2D eigenvalue weighted by Gasteiger charge is 2.69. The number of carbonyl (C=O) groups is 2. The van der Waals surface area contributed by atoms with E-state index in [0.717, 1.165) is 36.2 Å². The van der Waals surface area contributed by atoms with E-state index in [0.29, 0.717) is 46.4 Å². The maximum absolute atomic E-state index is 16.3. The Hall–Kier alpha value is -3.46. The third-order valence-electron chi connectivity index (χ3n) is 10.5. The number of benzene rings is 3. The molecule has 1 saturated heterocycles. The van der Waals surface area contributed by atoms with Crippen LogP contribution < -0.4 is 5.32 Å². The van der Waals surface area contributed by atoms with Gasteiger partial charge < -0.3 is 15.0 Å². The van der Waals surface area contributed by atoms with Crippen molar-refractivity contribution in [3.05, 3.63) is 93.0 Å². The van der Waals surface area contributed by atoms with Crippen molar-refractivity contribution < 1.29 is 19.1 Å². The average Bonchev–Trinajstić information content (AvgIpc) is 3.57. The first-order valence-electron chi connectivity index (χ1n) is 15.1. The molecule has 4 atom stereocenters. The molecule has 1 spiro atoms. The maximum atomic E-state index is 16.3. The van der Waals surface area contributed by atoms with Crippen LogP contribution in [0.4, 0.5) is 10.1 Å². The third-order valence-corrected chi connectivity index (χ3v) is 11.0. The van der Waals surface area contributed by atoms with E-state index >= 15 is 4.39 Å².